The third-order valence-corrected chi connectivity index (χ3v) is 6.27. The van der Waals surface area contributed by atoms with E-state index in [1.807, 2.05) is 0 Å². The Kier molecular flexibility index (Phi) is 6.19. The molecule has 0 aliphatic heterocycles. The molecule has 0 fully saturated rings. The molecular formula is C22H19F3N6O3S. The molecule has 4 aromatic rings. The fourth-order valence-corrected chi connectivity index (χ4v) is 4.72. The molecule has 13 heteroatoms. The molecule has 0 amide bonds. The fourth-order valence-electron chi connectivity index (χ4n) is 3.52. The number of nitrogens with two attached hydrogens (primary N) is 1. The summed E-state index contributed by atoms with van der Waals surface area (Å²) in [5.74, 6) is -5.62. The van der Waals surface area contributed by atoms with Crippen LogP contribution in [0.2, 0.25) is 0 Å². The summed E-state index contributed by atoms with van der Waals surface area (Å²) in [6.45, 7) is 3.29. The van der Waals surface area contributed by atoms with E-state index in [0.717, 1.165) is 4.57 Å². The second-order valence-corrected chi connectivity index (χ2v) is 9.64. The molecule has 4 rings (SSSR count). The van der Waals surface area contributed by atoms with Gasteiger partial charge in [-0.2, -0.15) is 4.98 Å². The highest BCUT2D eigenvalue weighted by atomic mass is 32.2. The molecule has 0 aliphatic carbocycles. The van der Waals surface area contributed by atoms with Gasteiger partial charge in [-0.05, 0) is 25.5 Å². The maximum absolute atomic E-state index is 15.1. The molecule has 0 saturated carbocycles. The molecule has 0 spiro atoms. The Morgan fingerprint density at radius 2 is 1.77 bits per heavy atom. The lowest BCUT2D eigenvalue weighted by atomic mass is 10.1. The first-order valence-corrected chi connectivity index (χ1v) is 11.9. The van der Waals surface area contributed by atoms with Crippen molar-refractivity contribution in [2.75, 3.05) is 10.5 Å². The average Bonchev–Trinajstić information content (AvgIpc) is 2.79. The van der Waals surface area contributed by atoms with E-state index in [0.29, 0.717) is 11.6 Å². The van der Waals surface area contributed by atoms with Crippen molar-refractivity contribution in [2.45, 2.75) is 25.6 Å². The SMILES string of the molecule is CC(C)n1c(=O)c(-c2cc(F)c(NS(=O)(=O)Cc3ccccc3)c(F)c2F)nc2cnc(N)nc21. The zero-order valence-corrected chi connectivity index (χ0v) is 19.3. The molecule has 2 heterocycles. The average molecular weight is 504 g/mol. The lowest BCUT2D eigenvalue weighted by Crippen LogP contribution is -2.27. The minimum Gasteiger partial charge on any atom is -0.368 e. The van der Waals surface area contributed by atoms with Crippen LogP contribution in [0.25, 0.3) is 22.4 Å². The molecule has 2 aromatic heterocycles. The van der Waals surface area contributed by atoms with Crippen LogP contribution >= 0.6 is 0 Å². The first-order chi connectivity index (χ1) is 16.5. The van der Waals surface area contributed by atoms with Crippen molar-refractivity contribution in [1.82, 2.24) is 19.5 Å². The van der Waals surface area contributed by atoms with Crippen LogP contribution in [-0.4, -0.2) is 27.9 Å². The number of benzene rings is 2. The van der Waals surface area contributed by atoms with Gasteiger partial charge in [0.2, 0.25) is 16.0 Å². The maximum Gasteiger partial charge on any atom is 0.279 e. The molecule has 0 saturated heterocycles. The number of hydrogen-bond donors (Lipinski definition) is 2. The summed E-state index contributed by atoms with van der Waals surface area (Å²) in [7, 11) is -4.29. The lowest BCUT2D eigenvalue weighted by molar-refractivity contribution is 0.501. The summed E-state index contributed by atoms with van der Waals surface area (Å²) in [5.41, 5.74) is 2.58. The van der Waals surface area contributed by atoms with Crippen LogP contribution in [0.4, 0.5) is 24.8 Å². The molecule has 9 nitrogen and oxygen atoms in total. The van der Waals surface area contributed by atoms with Gasteiger partial charge in [-0.1, -0.05) is 30.3 Å². The number of sulfonamides is 1. The predicted molar refractivity (Wildman–Crippen MR) is 124 cm³/mol. The van der Waals surface area contributed by atoms with Gasteiger partial charge in [0, 0.05) is 11.6 Å². The summed E-state index contributed by atoms with van der Waals surface area (Å²) >= 11 is 0. The van der Waals surface area contributed by atoms with E-state index < -0.39 is 61.8 Å². The number of hydrogen-bond acceptors (Lipinski definition) is 7. The molecule has 0 bridgehead atoms. The molecule has 182 valence electrons. The highest BCUT2D eigenvalue weighted by molar-refractivity contribution is 7.91. The van der Waals surface area contributed by atoms with Crippen molar-refractivity contribution in [3.8, 4) is 11.3 Å². The van der Waals surface area contributed by atoms with Crippen LogP contribution in [0, 0.1) is 17.5 Å². The first-order valence-electron chi connectivity index (χ1n) is 10.3. The number of nitrogens with zero attached hydrogens (tertiary/aromatic N) is 4. The topological polar surface area (TPSA) is 133 Å². The highest BCUT2D eigenvalue weighted by Gasteiger charge is 2.27. The molecular weight excluding hydrogens is 485 g/mol. The Balaban J connectivity index is 1.83. The number of anilines is 2. The largest absolute Gasteiger partial charge is 0.368 e. The Morgan fingerprint density at radius 3 is 2.43 bits per heavy atom. The van der Waals surface area contributed by atoms with E-state index in [2.05, 4.69) is 15.0 Å². The van der Waals surface area contributed by atoms with Gasteiger partial charge in [-0.15, -0.1) is 0 Å². The zero-order valence-electron chi connectivity index (χ0n) is 18.5. The molecule has 0 atom stereocenters. The maximum atomic E-state index is 15.1. The highest BCUT2D eigenvalue weighted by Crippen LogP contribution is 2.31. The molecule has 2 aromatic carbocycles. The van der Waals surface area contributed by atoms with E-state index in [1.165, 1.54) is 18.3 Å². The zero-order chi connectivity index (χ0) is 25.5. The number of fused-ring (bicyclic) bond motifs is 1. The van der Waals surface area contributed by atoms with Crippen molar-refractivity contribution in [3.63, 3.8) is 0 Å². The Morgan fingerprint density at radius 1 is 1.09 bits per heavy atom. The minimum atomic E-state index is -4.29. The summed E-state index contributed by atoms with van der Waals surface area (Å²) in [6.07, 6.45) is 1.19. The van der Waals surface area contributed by atoms with Gasteiger partial charge < -0.3 is 5.73 Å². The third-order valence-electron chi connectivity index (χ3n) is 5.04. The van der Waals surface area contributed by atoms with Crippen LogP contribution < -0.4 is 16.0 Å². The summed E-state index contributed by atoms with van der Waals surface area (Å²) in [4.78, 5) is 24.9. The molecule has 0 aliphatic rings. The normalized spacial score (nSPS) is 11.8. The van der Waals surface area contributed by atoms with Crippen LogP contribution in [0.5, 0.6) is 0 Å². The predicted octanol–water partition coefficient (Wildman–Crippen LogP) is 3.38. The number of nitrogen functional groups attached to an aromatic ring is 1. The van der Waals surface area contributed by atoms with Gasteiger partial charge in [0.25, 0.3) is 5.56 Å². The van der Waals surface area contributed by atoms with E-state index in [-0.39, 0.29) is 17.1 Å². The summed E-state index contributed by atoms with van der Waals surface area (Å²) < 4.78 is 72.6. The number of nitrogens with one attached hydrogen (secondary N) is 1. The van der Waals surface area contributed by atoms with Crippen LogP contribution in [0.15, 0.2) is 47.4 Å². The minimum absolute atomic E-state index is 0.0374. The van der Waals surface area contributed by atoms with Gasteiger partial charge in [0.05, 0.1) is 11.9 Å². The Labute approximate surface area is 197 Å². The van der Waals surface area contributed by atoms with Gasteiger partial charge in [0.1, 0.15) is 16.9 Å². The van der Waals surface area contributed by atoms with Crippen molar-refractivity contribution >= 4 is 32.8 Å². The summed E-state index contributed by atoms with van der Waals surface area (Å²) in [6, 6.07) is 7.91. The standard InChI is InChI=1S/C22H19F3N6O3S/c1-11(2)31-20-15(9-27-22(26)29-20)28-18(21(31)32)13-8-14(23)19(17(25)16(13)24)30-35(33,34)10-12-6-4-3-5-7-12/h3-9,11,30H,10H2,1-2H3,(H2,26,27,29). The smallest absolute Gasteiger partial charge is 0.279 e. The first kappa shape index (κ1) is 24.1. The van der Waals surface area contributed by atoms with Crippen molar-refractivity contribution in [2.24, 2.45) is 0 Å². The van der Waals surface area contributed by atoms with Gasteiger partial charge >= 0.3 is 0 Å². The summed E-state index contributed by atoms with van der Waals surface area (Å²) in [5, 5.41) is 0. The lowest BCUT2D eigenvalue weighted by Gasteiger charge is -2.16. The van der Waals surface area contributed by atoms with Crippen molar-refractivity contribution < 1.29 is 21.6 Å². The van der Waals surface area contributed by atoms with Crippen molar-refractivity contribution in [3.05, 3.63) is 76.0 Å². The van der Waals surface area contributed by atoms with Crippen LogP contribution in [0.1, 0.15) is 25.5 Å². The van der Waals surface area contributed by atoms with E-state index in [1.54, 1.807) is 36.8 Å². The molecule has 35 heavy (non-hydrogen) atoms. The van der Waals surface area contributed by atoms with Crippen LogP contribution in [0.3, 0.4) is 0 Å². The number of halogens is 3. The second-order valence-electron chi connectivity index (χ2n) is 7.92. The van der Waals surface area contributed by atoms with Crippen molar-refractivity contribution in [1.29, 1.82) is 0 Å². The van der Waals surface area contributed by atoms with E-state index in [9.17, 15) is 22.0 Å². The quantitative estimate of drug-likeness (QED) is 0.385. The molecule has 0 unspecified atom stereocenters. The van der Waals surface area contributed by atoms with Gasteiger partial charge in [-0.3, -0.25) is 14.1 Å². The fraction of sp³-hybridized carbons (Fsp3) is 0.182. The Hall–Kier alpha value is -4.00. The number of rotatable bonds is 6. The third kappa shape index (κ3) is 4.67. The molecule has 0 radical (unpaired) electrons. The number of aromatic nitrogens is 4. The Bertz CT molecular complexity index is 1610. The van der Waals surface area contributed by atoms with Gasteiger partial charge in [0.15, 0.2) is 23.1 Å². The van der Waals surface area contributed by atoms with E-state index >= 15 is 4.39 Å². The monoisotopic (exact) mass is 504 g/mol. The molecule has 3 N–H and O–H groups in total. The van der Waals surface area contributed by atoms with Gasteiger partial charge in [-0.25, -0.2) is 31.6 Å². The second kappa shape index (κ2) is 8.98. The van der Waals surface area contributed by atoms with Crippen LogP contribution in [-0.2, 0) is 15.8 Å². The van der Waals surface area contributed by atoms with E-state index in [4.69, 9.17) is 5.73 Å².